The zero-order valence-corrected chi connectivity index (χ0v) is 12.3. The number of Topliss-reactive ketones (excluding diaryl/α,β-unsaturated/α-hetero) is 1. The number of amides is 1. The largest absolute Gasteiger partial charge is 0.455 e. The highest BCUT2D eigenvalue weighted by Crippen LogP contribution is 2.29. The molecule has 0 radical (unpaired) electrons. The lowest BCUT2D eigenvalue weighted by atomic mass is 9.94. The van der Waals surface area contributed by atoms with Gasteiger partial charge in [-0.1, -0.05) is 11.6 Å². The summed E-state index contributed by atoms with van der Waals surface area (Å²) >= 11 is 0. The van der Waals surface area contributed by atoms with Crippen molar-refractivity contribution >= 4 is 11.7 Å². The number of rotatable bonds is 3. The number of nitrogens with one attached hydrogen (secondary N) is 2. The lowest BCUT2D eigenvalue weighted by Crippen LogP contribution is -2.29. The Morgan fingerprint density at radius 1 is 1.38 bits per heavy atom. The molecule has 3 rings (SSSR count). The minimum Gasteiger partial charge on any atom is -0.455 e. The molecular formula is C16H20N2O3. The van der Waals surface area contributed by atoms with Gasteiger partial charge in [0.1, 0.15) is 5.76 Å². The summed E-state index contributed by atoms with van der Waals surface area (Å²) in [4.78, 5) is 24.2. The summed E-state index contributed by atoms with van der Waals surface area (Å²) in [5.74, 6) is 0.839. The van der Waals surface area contributed by atoms with E-state index in [4.69, 9.17) is 4.42 Å². The van der Waals surface area contributed by atoms with Gasteiger partial charge < -0.3 is 15.1 Å². The first kappa shape index (κ1) is 14.1. The Kier molecular flexibility index (Phi) is 3.92. The van der Waals surface area contributed by atoms with Crippen LogP contribution in [0.1, 0.15) is 51.5 Å². The average molecular weight is 288 g/mol. The van der Waals surface area contributed by atoms with E-state index in [-0.39, 0.29) is 11.7 Å². The molecule has 0 unspecified atom stereocenters. The molecule has 5 heteroatoms. The van der Waals surface area contributed by atoms with E-state index in [1.165, 1.54) is 5.57 Å². The predicted molar refractivity (Wildman–Crippen MR) is 78.6 cm³/mol. The van der Waals surface area contributed by atoms with Crippen molar-refractivity contribution in [2.75, 3.05) is 19.6 Å². The quantitative estimate of drug-likeness (QED) is 0.831. The molecule has 1 aliphatic carbocycles. The molecule has 0 atom stereocenters. The molecular weight excluding hydrogens is 268 g/mol. The van der Waals surface area contributed by atoms with Crippen molar-refractivity contribution in [3.8, 4) is 0 Å². The van der Waals surface area contributed by atoms with Gasteiger partial charge in [-0.15, -0.1) is 0 Å². The number of hydrogen-bond acceptors (Lipinski definition) is 4. The summed E-state index contributed by atoms with van der Waals surface area (Å²) in [6, 6.07) is 0. The second-order valence-corrected chi connectivity index (χ2v) is 5.63. The van der Waals surface area contributed by atoms with Crippen LogP contribution in [-0.2, 0) is 6.42 Å². The van der Waals surface area contributed by atoms with Crippen LogP contribution in [0.4, 0.5) is 0 Å². The summed E-state index contributed by atoms with van der Waals surface area (Å²) in [6.07, 6.45) is 5.15. The molecule has 0 saturated carbocycles. The number of aryl methyl sites for hydroxylation is 1. The monoisotopic (exact) mass is 288 g/mol. The molecule has 1 amide bonds. The van der Waals surface area contributed by atoms with E-state index in [0.717, 1.165) is 32.4 Å². The minimum atomic E-state index is -0.228. The number of fused-ring (bicyclic) bond motifs is 1. The first-order valence-electron chi connectivity index (χ1n) is 7.49. The number of carbonyl (C=O) groups is 2. The molecule has 2 aliphatic rings. The topological polar surface area (TPSA) is 71.3 Å². The summed E-state index contributed by atoms with van der Waals surface area (Å²) < 4.78 is 5.64. The molecule has 2 N–H and O–H groups in total. The zero-order valence-electron chi connectivity index (χ0n) is 12.3. The SMILES string of the molecule is Cc1c(C(=O)NCC2=CCNCC2)oc2c1C(=O)CCC2. The van der Waals surface area contributed by atoms with Crippen LogP contribution in [0.5, 0.6) is 0 Å². The van der Waals surface area contributed by atoms with Crippen LogP contribution in [0, 0.1) is 6.92 Å². The first-order valence-corrected chi connectivity index (χ1v) is 7.49. The van der Waals surface area contributed by atoms with Crippen LogP contribution in [0.2, 0.25) is 0 Å². The lowest BCUT2D eigenvalue weighted by Gasteiger charge is -2.14. The zero-order chi connectivity index (χ0) is 14.8. The van der Waals surface area contributed by atoms with Crippen molar-refractivity contribution in [3.05, 3.63) is 34.3 Å². The Hall–Kier alpha value is -1.88. The molecule has 1 aliphatic heterocycles. The van der Waals surface area contributed by atoms with Crippen LogP contribution in [0.3, 0.4) is 0 Å². The predicted octanol–water partition coefficient (Wildman–Crippen LogP) is 1.76. The fourth-order valence-electron chi connectivity index (χ4n) is 2.97. The van der Waals surface area contributed by atoms with Gasteiger partial charge in [0.05, 0.1) is 5.56 Å². The van der Waals surface area contributed by atoms with Gasteiger partial charge in [-0.2, -0.15) is 0 Å². The Bertz CT molecular complexity index is 613. The molecule has 0 bridgehead atoms. The number of furan rings is 1. The highest BCUT2D eigenvalue weighted by Gasteiger charge is 2.28. The standard InChI is InChI=1S/C16H20N2O3/c1-10-14-12(19)3-2-4-13(14)21-15(10)16(20)18-9-11-5-7-17-8-6-11/h5,17H,2-4,6-9H2,1H3,(H,18,20). The number of ketones is 1. The van der Waals surface area contributed by atoms with Gasteiger partial charge in [-0.3, -0.25) is 9.59 Å². The van der Waals surface area contributed by atoms with Gasteiger partial charge in [0.25, 0.3) is 5.91 Å². The smallest absolute Gasteiger partial charge is 0.287 e. The van der Waals surface area contributed by atoms with E-state index in [1.807, 2.05) is 0 Å². The normalized spacial score (nSPS) is 18.1. The molecule has 0 spiro atoms. The van der Waals surface area contributed by atoms with Crippen molar-refractivity contribution in [2.45, 2.75) is 32.6 Å². The Morgan fingerprint density at radius 3 is 2.95 bits per heavy atom. The third-order valence-corrected chi connectivity index (χ3v) is 4.15. The van der Waals surface area contributed by atoms with Gasteiger partial charge in [0, 0.05) is 31.5 Å². The van der Waals surface area contributed by atoms with Crippen LogP contribution in [-0.4, -0.2) is 31.3 Å². The fourth-order valence-corrected chi connectivity index (χ4v) is 2.97. The van der Waals surface area contributed by atoms with Crippen molar-refractivity contribution < 1.29 is 14.0 Å². The second kappa shape index (κ2) is 5.85. The van der Waals surface area contributed by atoms with Gasteiger partial charge in [0.15, 0.2) is 11.5 Å². The van der Waals surface area contributed by atoms with Crippen LogP contribution >= 0.6 is 0 Å². The maximum Gasteiger partial charge on any atom is 0.287 e. The Balaban J connectivity index is 1.73. The average Bonchev–Trinajstić information content (AvgIpc) is 2.84. The number of carbonyl (C=O) groups excluding carboxylic acids is 2. The third kappa shape index (κ3) is 2.78. The van der Waals surface area contributed by atoms with E-state index in [1.54, 1.807) is 6.92 Å². The van der Waals surface area contributed by atoms with Gasteiger partial charge in [0.2, 0.25) is 0 Å². The van der Waals surface area contributed by atoms with Crippen LogP contribution < -0.4 is 10.6 Å². The molecule has 21 heavy (non-hydrogen) atoms. The Labute approximate surface area is 123 Å². The lowest BCUT2D eigenvalue weighted by molar-refractivity contribution is 0.0922. The van der Waals surface area contributed by atoms with Crippen LogP contribution in [0.25, 0.3) is 0 Å². The minimum absolute atomic E-state index is 0.0950. The first-order chi connectivity index (χ1) is 10.2. The van der Waals surface area contributed by atoms with E-state index in [9.17, 15) is 9.59 Å². The maximum absolute atomic E-state index is 12.3. The van der Waals surface area contributed by atoms with Crippen LogP contribution in [0.15, 0.2) is 16.1 Å². The number of hydrogen-bond donors (Lipinski definition) is 2. The summed E-state index contributed by atoms with van der Waals surface area (Å²) in [7, 11) is 0. The summed E-state index contributed by atoms with van der Waals surface area (Å²) in [6.45, 7) is 4.14. The highest BCUT2D eigenvalue weighted by atomic mass is 16.4. The molecule has 1 aromatic rings. The van der Waals surface area contributed by atoms with E-state index >= 15 is 0 Å². The van der Waals surface area contributed by atoms with Gasteiger partial charge in [-0.05, 0) is 26.3 Å². The summed E-state index contributed by atoms with van der Waals surface area (Å²) in [5, 5.41) is 6.13. The van der Waals surface area contributed by atoms with Crippen molar-refractivity contribution in [3.63, 3.8) is 0 Å². The molecule has 0 aromatic carbocycles. The van der Waals surface area contributed by atoms with Crippen molar-refractivity contribution in [2.24, 2.45) is 0 Å². The van der Waals surface area contributed by atoms with Gasteiger partial charge >= 0.3 is 0 Å². The maximum atomic E-state index is 12.3. The van der Waals surface area contributed by atoms with E-state index in [0.29, 0.717) is 35.6 Å². The van der Waals surface area contributed by atoms with Crippen molar-refractivity contribution in [1.29, 1.82) is 0 Å². The van der Waals surface area contributed by atoms with E-state index in [2.05, 4.69) is 16.7 Å². The fraction of sp³-hybridized carbons (Fsp3) is 0.500. The van der Waals surface area contributed by atoms with E-state index < -0.39 is 0 Å². The van der Waals surface area contributed by atoms with Gasteiger partial charge in [-0.25, -0.2) is 0 Å². The molecule has 1 aromatic heterocycles. The molecule has 0 fully saturated rings. The summed E-state index contributed by atoms with van der Waals surface area (Å²) in [5.41, 5.74) is 2.55. The molecule has 0 saturated heterocycles. The molecule has 5 nitrogen and oxygen atoms in total. The molecule has 112 valence electrons. The van der Waals surface area contributed by atoms with Crippen molar-refractivity contribution in [1.82, 2.24) is 10.6 Å². The molecule has 2 heterocycles. The second-order valence-electron chi connectivity index (χ2n) is 5.63. The third-order valence-electron chi connectivity index (χ3n) is 4.15. The Morgan fingerprint density at radius 2 is 2.24 bits per heavy atom. The highest BCUT2D eigenvalue weighted by molar-refractivity contribution is 6.03.